The predicted molar refractivity (Wildman–Crippen MR) is 95.1 cm³/mol. The van der Waals surface area contributed by atoms with E-state index in [0.29, 0.717) is 35.5 Å². The van der Waals surface area contributed by atoms with E-state index >= 15 is 0 Å². The average Bonchev–Trinajstić information content (AvgIpc) is 3.03. The number of benzene rings is 1. The van der Waals surface area contributed by atoms with Gasteiger partial charge in [0.1, 0.15) is 5.01 Å². The standard InChI is InChI=1S/C16H18ClF3N4S/c1-2-21-15(22-8-7-11-5-3-4-6-12(11)17)23-9-14-24-13(10-25-14)16(18,19)20/h3-6,10H,2,7-9H2,1H3,(H2,21,22,23). The molecule has 2 aromatic rings. The van der Waals surface area contributed by atoms with Crippen LogP contribution in [0.1, 0.15) is 23.2 Å². The molecule has 0 fully saturated rings. The first-order valence-electron chi connectivity index (χ1n) is 7.67. The third kappa shape index (κ3) is 6.21. The van der Waals surface area contributed by atoms with Crippen molar-refractivity contribution in [2.75, 3.05) is 13.1 Å². The molecule has 9 heteroatoms. The third-order valence-corrected chi connectivity index (χ3v) is 4.41. The topological polar surface area (TPSA) is 49.3 Å². The number of nitrogens with one attached hydrogen (secondary N) is 2. The summed E-state index contributed by atoms with van der Waals surface area (Å²) in [6.07, 6.45) is -3.71. The maximum atomic E-state index is 12.6. The summed E-state index contributed by atoms with van der Waals surface area (Å²) in [7, 11) is 0. The second-order valence-corrected chi connectivity index (χ2v) is 6.44. The third-order valence-electron chi connectivity index (χ3n) is 3.20. The van der Waals surface area contributed by atoms with Gasteiger partial charge in [-0.05, 0) is 25.0 Å². The van der Waals surface area contributed by atoms with E-state index in [1.807, 2.05) is 31.2 Å². The molecule has 1 aromatic heterocycles. The minimum absolute atomic E-state index is 0.0855. The van der Waals surface area contributed by atoms with Crippen LogP contribution in [0.25, 0.3) is 0 Å². The Morgan fingerprint density at radius 2 is 2.04 bits per heavy atom. The number of nitrogens with zero attached hydrogens (tertiary/aromatic N) is 2. The first-order chi connectivity index (χ1) is 11.9. The highest BCUT2D eigenvalue weighted by Gasteiger charge is 2.33. The number of thiazole rings is 1. The summed E-state index contributed by atoms with van der Waals surface area (Å²) < 4.78 is 37.7. The maximum Gasteiger partial charge on any atom is 0.434 e. The zero-order chi connectivity index (χ0) is 18.3. The van der Waals surface area contributed by atoms with Crippen LogP contribution in [0.4, 0.5) is 13.2 Å². The molecular weight excluding hydrogens is 373 g/mol. The average molecular weight is 391 g/mol. The van der Waals surface area contributed by atoms with Gasteiger partial charge in [0, 0.05) is 23.5 Å². The van der Waals surface area contributed by atoms with Gasteiger partial charge < -0.3 is 10.6 Å². The van der Waals surface area contributed by atoms with Gasteiger partial charge >= 0.3 is 6.18 Å². The van der Waals surface area contributed by atoms with Gasteiger partial charge in [0.2, 0.25) is 0 Å². The normalized spacial score (nSPS) is 12.3. The summed E-state index contributed by atoms with van der Waals surface area (Å²) in [4.78, 5) is 7.84. The fourth-order valence-corrected chi connectivity index (χ4v) is 2.97. The fraction of sp³-hybridized carbons (Fsp3) is 0.375. The second kappa shape index (κ2) is 9.05. The van der Waals surface area contributed by atoms with Crippen LogP contribution in [0.3, 0.4) is 0 Å². The van der Waals surface area contributed by atoms with Crippen LogP contribution < -0.4 is 10.6 Å². The van der Waals surface area contributed by atoms with Gasteiger partial charge in [-0.25, -0.2) is 9.98 Å². The van der Waals surface area contributed by atoms with Crippen molar-refractivity contribution in [3.8, 4) is 0 Å². The maximum absolute atomic E-state index is 12.6. The molecule has 25 heavy (non-hydrogen) atoms. The molecule has 2 N–H and O–H groups in total. The molecule has 0 atom stereocenters. The summed E-state index contributed by atoms with van der Waals surface area (Å²) in [5, 5.41) is 8.21. The summed E-state index contributed by atoms with van der Waals surface area (Å²) in [5.74, 6) is 0.526. The van der Waals surface area contributed by atoms with Gasteiger partial charge in [0.25, 0.3) is 0 Å². The summed E-state index contributed by atoms with van der Waals surface area (Å²) >= 11 is 7.06. The van der Waals surface area contributed by atoms with Crippen molar-refractivity contribution < 1.29 is 13.2 Å². The Balaban J connectivity index is 1.92. The zero-order valence-electron chi connectivity index (χ0n) is 13.5. The lowest BCUT2D eigenvalue weighted by molar-refractivity contribution is -0.140. The van der Waals surface area contributed by atoms with Crippen LogP contribution >= 0.6 is 22.9 Å². The molecule has 0 aliphatic heterocycles. The molecule has 0 saturated carbocycles. The van der Waals surface area contributed by atoms with Gasteiger partial charge in [-0.2, -0.15) is 13.2 Å². The van der Waals surface area contributed by atoms with E-state index in [-0.39, 0.29) is 6.54 Å². The van der Waals surface area contributed by atoms with Crippen LogP contribution in [0.2, 0.25) is 5.02 Å². The molecule has 0 spiro atoms. The van der Waals surface area contributed by atoms with Crippen molar-refractivity contribution in [3.05, 3.63) is 50.9 Å². The fourth-order valence-electron chi connectivity index (χ4n) is 2.02. The molecule has 0 bridgehead atoms. The minimum Gasteiger partial charge on any atom is -0.357 e. The van der Waals surface area contributed by atoms with Crippen LogP contribution in [-0.2, 0) is 19.1 Å². The highest BCUT2D eigenvalue weighted by molar-refractivity contribution is 7.09. The Bertz CT molecular complexity index is 715. The highest BCUT2D eigenvalue weighted by Crippen LogP contribution is 2.30. The lowest BCUT2D eigenvalue weighted by Crippen LogP contribution is -2.38. The number of alkyl halides is 3. The largest absolute Gasteiger partial charge is 0.434 e. The molecule has 4 nitrogen and oxygen atoms in total. The Morgan fingerprint density at radius 1 is 1.28 bits per heavy atom. The molecule has 0 amide bonds. The lowest BCUT2D eigenvalue weighted by Gasteiger charge is -2.11. The van der Waals surface area contributed by atoms with Crippen LogP contribution in [0.5, 0.6) is 0 Å². The first-order valence-corrected chi connectivity index (χ1v) is 8.93. The molecule has 0 unspecified atom stereocenters. The van der Waals surface area contributed by atoms with E-state index in [1.165, 1.54) is 0 Å². The first kappa shape index (κ1) is 19.5. The molecule has 1 aromatic carbocycles. The molecule has 0 saturated heterocycles. The van der Waals surface area contributed by atoms with Gasteiger partial charge in [-0.3, -0.25) is 0 Å². The number of aliphatic imine (C=N–C) groups is 1. The summed E-state index contributed by atoms with van der Waals surface area (Å²) in [6.45, 7) is 3.24. The number of guanidine groups is 1. The Hall–Kier alpha value is -1.80. The Kier molecular flexibility index (Phi) is 7.07. The monoisotopic (exact) mass is 390 g/mol. The van der Waals surface area contributed by atoms with Gasteiger partial charge in [-0.15, -0.1) is 11.3 Å². The van der Waals surface area contributed by atoms with Crippen molar-refractivity contribution >= 4 is 28.9 Å². The van der Waals surface area contributed by atoms with Gasteiger partial charge in [0.05, 0.1) is 6.54 Å². The Morgan fingerprint density at radius 3 is 2.68 bits per heavy atom. The quantitative estimate of drug-likeness (QED) is 0.576. The van der Waals surface area contributed by atoms with E-state index in [4.69, 9.17) is 11.6 Å². The molecule has 0 radical (unpaired) electrons. The number of hydrogen-bond acceptors (Lipinski definition) is 3. The van der Waals surface area contributed by atoms with Crippen molar-refractivity contribution in [1.29, 1.82) is 0 Å². The van der Waals surface area contributed by atoms with Crippen molar-refractivity contribution in [2.24, 2.45) is 4.99 Å². The van der Waals surface area contributed by atoms with Gasteiger partial charge in [0.15, 0.2) is 11.7 Å². The van der Waals surface area contributed by atoms with E-state index in [0.717, 1.165) is 22.3 Å². The van der Waals surface area contributed by atoms with E-state index in [9.17, 15) is 13.2 Å². The van der Waals surface area contributed by atoms with E-state index in [1.54, 1.807) is 0 Å². The Labute approximate surface area is 153 Å². The van der Waals surface area contributed by atoms with Crippen molar-refractivity contribution in [1.82, 2.24) is 15.6 Å². The molecule has 1 heterocycles. The van der Waals surface area contributed by atoms with Crippen LogP contribution in [0, 0.1) is 0 Å². The molecule has 2 rings (SSSR count). The van der Waals surface area contributed by atoms with E-state index < -0.39 is 11.9 Å². The summed E-state index contributed by atoms with van der Waals surface area (Å²) in [6, 6.07) is 7.56. The predicted octanol–water partition coefficient (Wildman–Crippen LogP) is 4.11. The highest BCUT2D eigenvalue weighted by atomic mass is 35.5. The molecular formula is C16H18ClF3N4S. The smallest absolute Gasteiger partial charge is 0.357 e. The second-order valence-electron chi connectivity index (χ2n) is 5.09. The number of aromatic nitrogens is 1. The minimum atomic E-state index is -4.42. The van der Waals surface area contributed by atoms with Crippen LogP contribution in [-0.4, -0.2) is 24.0 Å². The zero-order valence-corrected chi connectivity index (χ0v) is 15.1. The summed E-state index contributed by atoms with van der Waals surface area (Å²) in [5.41, 5.74) is 0.140. The molecule has 0 aliphatic rings. The van der Waals surface area contributed by atoms with Crippen molar-refractivity contribution in [2.45, 2.75) is 26.1 Å². The van der Waals surface area contributed by atoms with Gasteiger partial charge in [-0.1, -0.05) is 29.8 Å². The van der Waals surface area contributed by atoms with Crippen molar-refractivity contribution in [3.63, 3.8) is 0 Å². The molecule has 0 aliphatic carbocycles. The number of hydrogen-bond donors (Lipinski definition) is 2. The molecule has 136 valence electrons. The SMILES string of the molecule is CCNC(=NCc1nc(C(F)(F)F)cs1)NCCc1ccccc1Cl. The number of rotatable bonds is 6. The number of halogens is 4. The van der Waals surface area contributed by atoms with E-state index in [2.05, 4.69) is 20.6 Å². The van der Waals surface area contributed by atoms with Crippen LogP contribution in [0.15, 0.2) is 34.6 Å². The lowest BCUT2D eigenvalue weighted by atomic mass is 10.1.